The number of hydrogen-bond acceptors (Lipinski definition) is 0. The van der Waals surface area contributed by atoms with Crippen molar-refractivity contribution < 1.29 is 4.79 Å². The summed E-state index contributed by atoms with van der Waals surface area (Å²) < 4.78 is 0. The van der Waals surface area contributed by atoms with E-state index in [-0.39, 0.29) is 10.8 Å². The highest BCUT2D eigenvalue weighted by molar-refractivity contribution is 5.93. The average Bonchev–Trinajstić information content (AvgIpc) is 2.39. The molecule has 2 nitrogen and oxygen atoms in total. The monoisotopic (exact) mass is 164 g/mol. The third-order valence-electron chi connectivity index (χ3n) is 4.04. The smallest absolute Gasteiger partial charge is 0.280 e. The van der Waals surface area contributed by atoms with Crippen LogP contribution < -0.4 is 0 Å². The molecular formula is C10H16N2. The lowest BCUT2D eigenvalue weighted by Crippen LogP contribution is -2.36. The Morgan fingerprint density at radius 1 is 1.42 bits per heavy atom. The Balaban J connectivity index is 2.52. The van der Waals surface area contributed by atoms with E-state index >= 15 is 0 Å². The fraction of sp³-hybridized carbons (Fsp3) is 0.900. The van der Waals surface area contributed by atoms with Crippen LogP contribution in [0.2, 0.25) is 0 Å². The maximum absolute atomic E-state index is 8.98. The minimum atomic E-state index is 0.141. The van der Waals surface area contributed by atoms with Crippen LogP contribution in [0.5, 0.6) is 0 Å². The summed E-state index contributed by atoms with van der Waals surface area (Å²) in [6.07, 6.45) is 3.74. The van der Waals surface area contributed by atoms with Crippen LogP contribution >= 0.6 is 0 Å². The molecule has 0 aromatic heterocycles. The van der Waals surface area contributed by atoms with Crippen LogP contribution in [0.1, 0.15) is 40.0 Å². The molecule has 2 aliphatic rings. The van der Waals surface area contributed by atoms with Gasteiger partial charge in [-0.05, 0) is 46.0 Å². The van der Waals surface area contributed by atoms with Crippen LogP contribution in [0.15, 0.2) is 0 Å². The summed E-state index contributed by atoms with van der Waals surface area (Å²) in [6, 6.07) is 0. The van der Waals surface area contributed by atoms with Crippen LogP contribution in [-0.4, -0.2) is 10.5 Å². The van der Waals surface area contributed by atoms with Gasteiger partial charge in [0, 0.05) is 0 Å². The van der Waals surface area contributed by atoms with E-state index in [1.54, 1.807) is 0 Å². The molecule has 0 saturated heterocycles. The molecule has 0 radical (unpaired) electrons. The lowest BCUT2D eigenvalue weighted by molar-refractivity contribution is -0.0324. The molecule has 66 valence electrons. The second kappa shape index (κ2) is 2.00. The number of hydrogen-bond donors (Lipinski definition) is 0. The maximum atomic E-state index is 8.98. The third kappa shape index (κ3) is 0.714. The molecule has 0 aromatic rings. The van der Waals surface area contributed by atoms with Gasteiger partial charge in [-0.3, -0.25) is 0 Å². The predicted octanol–water partition coefficient (Wildman–Crippen LogP) is 2.50. The zero-order chi connectivity index (χ0) is 8.98. The molecule has 0 aromatic carbocycles. The van der Waals surface area contributed by atoms with Gasteiger partial charge >= 0.3 is 0 Å². The highest BCUT2D eigenvalue weighted by atomic mass is 14.9. The maximum Gasteiger partial charge on any atom is 0.280 e. The summed E-state index contributed by atoms with van der Waals surface area (Å²) in [7, 11) is 0. The second-order valence-corrected chi connectivity index (χ2v) is 5.17. The van der Waals surface area contributed by atoms with Gasteiger partial charge in [0.2, 0.25) is 0 Å². The fourth-order valence-corrected chi connectivity index (χ4v) is 3.29. The first-order valence-electron chi connectivity index (χ1n) is 4.74. The van der Waals surface area contributed by atoms with Crippen molar-refractivity contribution in [3.05, 3.63) is 5.53 Å². The van der Waals surface area contributed by atoms with Gasteiger partial charge in [0.25, 0.3) is 5.71 Å². The molecule has 0 spiro atoms. The summed E-state index contributed by atoms with van der Waals surface area (Å²) in [5, 5.41) is 0. The molecule has 0 aliphatic heterocycles. The van der Waals surface area contributed by atoms with Gasteiger partial charge < -0.3 is 5.53 Å². The van der Waals surface area contributed by atoms with Crippen LogP contribution in [-0.2, 0) is 0 Å². The minimum absolute atomic E-state index is 0.141. The molecule has 2 bridgehead atoms. The zero-order valence-corrected chi connectivity index (χ0v) is 8.09. The molecular weight excluding hydrogens is 148 g/mol. The van der Waals surface area contributed by atoms with Gasteiger partial charge in [0.1, 0.15) is 0 Å². The molecule has 0 N–H and O–H groups in total. The highest BCUT2D eigenvalue weighted by Crippen LogP contribution is 2.59. The van der Waals surface area contributed by atoms with Crippen LogP contribution in [0.4, 0.5) is 0 Å². The topological polar surface area (TPSA) is 36.4 Å². The van der Waals surface area contributed by atoms with Gasteiger partial charge in [-0.15, -0.1) is 0 Å². The number of nitrogens with zero attached hydrogens (tertiary/aromatic N) is 2. The van der Waals surface area contributed by atoms with Gasteiger partial charge in [0.15, 0.2) is 0 Å². The van der Waals surface area contributed by atoms with Crippen molar-refractivity contribution >= 4 is 5.71 Å². The molecule has 0 heterocycles. The van der Waals surface area contributed by atoms with Gasteiger partial charge in [-0.1, -0.05) is 0 Å². The van der Waals surface area contributed by atoms with Crippen molar-refractivity contribution in [2.75, 3.05) is 0 Å². The first-order valence-corrected chi connectivity index (χ1v) is 4.74. The van der Waals surface area contributed by atoms with Crippen LogP contribution in [0.25, 0.3) is 5.53 Å². The Kier molecular flexibility index (Phi) is 1.33. The van der Waals surface area contributed by atoms with E-state index in [1.165, 1.54) is 19.3 Å². The summed E-state index contributed by atoms with van der Waals surface area (Å²) in [5.41, 5.74) is 10.4. The van der Waals surface area contributed by atoms with Crippen molar-refractivity contribution in [2.45, 2.75) is 40.0 Å². The lowest BCUT2D eigenvalue weighted by Gasteiger charge is -2.27. The molecule has 2 rings (SSSR count). The van der Waals surface area contributed by atoms with E-state index in [0.29, 0.717) is 0 Å². The van der Waals surface area contributed by atoms with E-state index in [4.69, 9.17) is 5.53 Å². The van der Waals surface area contributed by atoms with Crippen molar-refractivity contribution in [1.29, 1.82) is 0 Å². The predicted molar refractivity (Wildman–Crippen MR) is 47.9 cm³/mol. The SMILES string of the molecule is CC12CCC(C1)C(C)(C)C2=[N+]=[N-]. The summed E-state index contributed by atoms with van der Waals surface area (Å²) >= 11 is 0. The molecule has 2 fully saturated rings. The van der Waals surface area contributed by atoms with E-state index in [0.717, 1.165) is 11.6 Å². The second-order valence-electron chi connectivity index (χ2n) is 5.17. The lowest BCUT2D eigenvalue weighted by atomic mass is 9.71. The highest BCUT2D eigenvalue weighted by Gasteiger charge is 2.62. The molecule has 12 heavy (non-hydrogen) atoms. The standard InChI is InChI=1S/C10H16N2/c1-9(2)7-4-5-10(3,6-7)8(9)12-11/h7H,4-6H2,1-3H3. The molecule has 2 unspecified atom stereocenters. The Labute approximate surface area is 73.6 Å². The third-order valence-corrected chi connectivity index (χ3v) is 4.04. The minimum Gasteiger partial charge on any atom is -0.362 e. The fourth-order valence-electron chi connectivity index (χ4n) is 3.29. The Bertz CT molecular complexity index is 267. The molecule has 2 heteroatoms. The summed E-state index contributed by atoms with van der Waals surface area (Å²) in [6.45, 7) is 6.64. The zero-order valence-electron chi connectivity index (χ0n) is 8.09. The quantitative estimate of drug-likeness (QED) is 0.389. The normalized spacial score (nSPS) is 43.2. The molecule has 2 aliphatic carbocycles. The van der Waals surface area contributed by atoms with Gasteiger partial charge in [-0.2, -0.15) is 4.79 Å². The largest absolute Gasteiger partial charge is 0.362 e. The first-order chi connectivity index (χ1) is 5.50. The van der Waals surface area contributed by atoms with Crippen molar-refractivity contribution in [3.8, 4) is 0 Å². The molecule has 2 atom stereocenters. The van der Waals surface area contributed by atoms with E-state index < -0.39 is 0 Å². The van der Waals surface area contributed by atoms with Crippen molar-refractivity contribution in [3.63, 3.8) is 0 Å². The Hall–Kier alpha value is -0.620. The molecule has 0 amide bonds. The molecule has 2 saturated carbocycles. The van der Waals surface area contributed by atoms with Crippen LogP contribution in [0.3, 0.4) is 0 Å². The van der Waals surface area contributed by atoms with Gasteiger partial charge in [0.05, 0.1) is 10.8 Å². The van der Waals surface area contributed by atoms with E-state index in [1.807, 2.05) is 0 Å². The Morgan fingerprint density at radius 2 is 2.08 bits per heavy atom. The van der Waals surface area contributed by atoms with Gasteiger partial charge in [-0.25, -0.2) is 0 Å². The van der Waals surface area contributed by atoms with E-state index in [9.17, 15) is 0 Å². The first kappa shape index (κ1) is 8.00. The van der Waals surface area contributed by atoms with Crippen molar-refractivity contribution in [1.82, 2.24) is 0 Å². The van der Waals surface area contributed by atoms with Crippen molar-refractivity contribution in [2.24, 2.45) is 16.7 Å². The number of fused-ring (bicyclic) bond motifs is 2. The Morgan fingerprint density at radius 3 is 2.42 bits per heavy atom. The average molecular weight is 164 g/mol. The summed E-state index contributed by atoms with van der Waals surface area (Å²) in [4.78, 5) is 3.51. The van der Waals surface area contributed by atoms with Crippen LogP contribution in [0, 0.1) is 16.7 Å². The van der Waals surface area contributed by atoms with E-state index in [2.05, 4.69) is 25.6 Å². The summed E-state index contributed by atoms with van der Waals surface area (Å²) in [5.74, 6) is 0.744. The number of rotatable bonds is 0.